The first kappa shape index (κ1) is 23.4. The van der Waals surface area contributed by atoms with Gasteiger partial charge in [-0.3, -0.25) is 9.59 Å². The second kappa shape index (κ2) is 10.9. The molecule has 10 nitrogen and oxygen atoms in total. The zero-order valence-electron chi connectivity index (χ0n) is 18.8. The Labute approximate surface area is 200 Å². The Kier molecular flexibility index (Phi) is 7.53. The van der Waals surface area contributed by atoms with Gasteiger partial charge in [-0.05, 0) is 43.3 Å². The maximum Gasteiger partial charge on any atom is 0.277 e. The fourth-order valence-electron chi connectivity index (χ4n) is 3.20. The van der Waals surface area contributed by atoms with Crippen LogP contribution in [0.1, 0.15) is 6.92 Å². The number of aromatic nitrogens is 2. The van der Waals surface area contributed by atoms with Crippen molar-refractivity contribution in [2.45, 2.75) is 12.1 Å². The van der Waals surface area contributed by atoms with Gasteiger partial charge in [0.25, 0.3) is 5.22 Å². The van der Waals surface area contributed by atoms with E-state index in [2.05, 4.69) is 15.5 Å². The Bertz CT molecular complexity index is 1150. The van der Waals surface area contributed by atoms with E-state index in [0.717, 1.165) is 23.1 Å². The van der Waals surface area contributed by atoms with Crippen molar-refractivity contribution >= 4 is 29.3 Å². The number of ether oxygens (including phenoxy) is 3. The van der Waals surface area contributed by atoms with Crippen molar-refractivity contribution in [1.29, 1.82) is 0 Å². The molecule has 2 amide bonds. The van der Waals surface area contributed by atoms with Gasteiger partial charge in [-0.2, -0.15) is 0 Å². The minimum absolute atomic E-state index is 0.0649. The number of nitrogens with zero attached hydrogens (tertiary/aromatic N) is 3. The molecule has 0 aliphatic carbocycles. The number of fused-ring (bicyclic) bond motifs is 1. The summed E-state index contributed by atoms with van der Waals surface area (Å²) in [7, 11) is 1.59. The molecule has 1 aliphatic heterocycles. The van der Waals surface area contributed by atoms with Crippen molar-refractivity contribution in [3.63, 3.8) is 0 Å². The Morgan fingerprint density at radius 1 is 1.09 bits per heavy atom. The highest BCUT2D eigenvalue weighted by molar-refractivity contribution is 7.99. The van der Waals surface area contributed by atoms with Crippen LogP contribution in [0.2, 0.25) is 0 Å². The molecule has 3 aromatic rings. The molecule has 0 bridgehead atoms. The highest BCUT2D eigenvalue weighted by atomic mass is 32.2. The van der Waals surface area contributed by atoms with E-state index in [1.54, 1.807) is 37.4 Å². The third-order valence-electron chi connectivity index (χ3n) is 4.96. The highest BCUT2D eigenvalue weighted by Gasteiger charge is 2.19. The quantitative estimate of drug-likeness (QED) is 0.457. The lowest BCUT2D eigenvalue weighted by molar-refractivity contribution is -0.132. The fraction of sp³-hybridized carbons (Fsp3) is 0.304. The summed E-state index contributed by atoms with van der Waals surface area (Å²) in [6, 6.07) is 12.4. The van der Waals surface area contributed by atoms with Crippen LogP contribution in [0.4, 0.5) is 5.69 Å². The van der Waals surface area contributed by atoms with Crippen molar-refractivity contribution in [3.05, 3.63) is 42.5 Å². The van der Waals surface area contributed by atoms with Gasteiger partial charge in [0.15, 0.2) is 11.5 Å². The average molecular weight is 485 g/mol. The molecule has 0 radical (unpaired) electrons. The molecule has 0 spiro atoms. The number of nitrogens with one attached hydrogen (secondary N) is 1. The van der Waals surface area contributed by atoms with E-state index in [-0.39, 0.29) is 29.3 Å². The smallest absolute Gasteiger partial charge is 0.277 e. The lowest BCUT2D eigenvalue weighted by atomic mass is 10.2. The first-order chi connectivity index (χ1) is 16.6. The normalized spacial score (nSPS) is 12.2. The first-order valence-corrected chi connectivity index (χ1v) is 11.6. The molecule has 11 heteroatoms. The predicted octanol–water partition coefficient (Wildman–Crippen LogP) is 3.10. The lowest BCUT2D eigenvalue weighted by Gasteiger charge is -2.21. The number of hydrogen-bond donors (Lipinski definition) is 1. The van der Waals surface area contributed by atoms with Crippen LogP contribution >= 0.6 is 11.8 Å². The molecule has 1 aromatic heterocycles. The number of rotatable bonds is 9. The lowest BCUT2D eigenvalue weighted by Crippen LogP contribution is -2.38. The third-order valence-corrected chi connectivity index (χ3v) is 5.76. The van der Waals surface area contributed by atoms with Crippen molar-refractivity contribution < 1.29 is 28.2 Å². The van der Waals surface area contributed by atoms with E-state index in [1.807, 2.05) is 19.1 Å². The number of carbonyl (C=O) groups is 2. The highest BCUT2D eigenvalue weighted by Crippen LogP contribution is 2.32. The summed E-state index contributed by atoms with van der Waals surface area (Å²) in [4.78, 5) is 26.6. The largest absolute Gasteiger partial charge is 0.497 e. The van der Waals surface area contributed by atoms with Gasteiger partial charge >= 0.3 is 0 Å². The zero-order valence-corrected chi connectivity index (χ0v) is 19.6. The third kappa shape index (κ3) is 5.79. The monoisotopic (exact) mass is 484 g/mol. The SMILES string of the molecule is CCN(CC(=O)Nc1ccc2c(c1)OCCO2)C(=O)CSc1nnc(-c2ccc(OC)cc2)o1. The number of likely N-dealkylation sites (N-methyl/N-ethyl adjacent to an activating group) is 1. The van der Waals surface area contributed by atoms with Crippen LogP contribution in [0.25, 0.3) is 11.5 Å². The Hall–Kier alpha value is -3.73. The number of anilines is 1. The molecule has 2 heterocycles. The molecule has 1 N–H and O–H groups in total. The Morgan fingerprint density at radius 3 is 2.59 bits per heavy atom. The van der Waals surface area contributed by atoms with Crippen LogP contribution in [0.3, 0.4) is 0 Å². The summed E-state index contributed by atoms with van der Waals surface area (Å²) < 4.78 is 21.8. The second-order valence-corrected chi connectivity index (χ2v) is 8.13. The van der Waals surface area contributed by atoms with Crippen LogP contribution in [-0.4, -0.2) is 66.1 Å². The molecule has 34 heavy (non-hydrogen) atoms. The van der Waals surface area contributed by atoms with E-state index < -0.39 is 0 Å². The molecule has 2 aromatic carbocycles. The maximum atomic E-state index is 12.7. The molecule has 0 saturated heterocycles. The van der Waals surface area contributed by atoms with Crippen LogP contribution in [0.5, 0.6) is 17.2 Å². The molecule has 0 fully saturated rings. The molecule has 1 aliphatic rings. The maximum absolute atomic E-state index is 12.7. The van der Waals surface area contributed by atoms with Crippen molar-refractivity contribution in [1.82, 2.24) is 15.1 Å². The summed E-state index contributed by atoms with van der Waals surface area (Å²) in [5.74, 6) is 1.84. The topological polar surface area (TPSA) is 116 Å². The van der Waals surface area contributed by atoms with Crippen LogP contribution in [0, 0.1) is 0 Å². The summed E-state index contributed by atoms with van der Waals surface area (Å²) in [5.41, 5.74) is 1.32. The zero-order chi connectivity index (χ0) is 23.9. The number of amides is 2. The van der Waals surface area contributed by atoms with E-state index in [4.69, 9.17) is 18.6 Å². The fourth-order valence-corrected chi connectivity index (χ4v) is 3.87. The summed E-state index contributed by atoms with van der Waals surface area (Å²) in [6.45, 7) is 3.08. The van der Waals surface area contributed by atoms with Gasteiger partial charge in [0.05, 0.1) is 19.4 Å². The molecule has 0 atom stereocenters. The van der Waals surface area contributed by atoms with Gasteiger partial charge in [0, 0.05) is 23.9 Å². The van der Waals surface area contributed by atoms with Crippen LogP contribution < -0.4 is 19.5 Å². The van der Waals surface area contributed by atoms with Crippen molar-refractivity contribution in [2.75, 3.05) is 44.5 Å². The predicted molar refractivity (Wildman–Crippen MR) is 125 cm³/mol. The minimum atomic E-state index is -0.309. The van der Waals surface area contributed by atoms with Gasteiger partial charge < -0.3 is 28.8 Å². The molecular weight excluding hydrogens is 460 g/mol. The standard InChI is InChI=1S/C23H24N4O6S/c1-3-27(13-20(28)24-16-6-9-18-19(12-16)32-11-10-31-18)21(29)14-34-23-26-25-22(33-23)15-4-7-17(30-2)8-5-15/h4-9,12H,3,10-11,13-14H2,1-2H3,(H,24,28). The van der Waals surface area contributed by atoms with Crippen molar-refractivity contribution in [2.24, 2.45) is 0 Å². The van der Waals surface area contributed by atoms with Crippen LogP contribution in [0.15, 0.2) is 52.1 Å². The van der Waals surface area contributed by atoms with E-state index in [9.17, 15) is 9.59 Å². The van der Waals surface area contributed by atoms with Gasteiger partial charge in [-0.15, -0.1) is 10.2 Å². The number of methoxy groups -OCH3 is 1. The molecule has 4 rings (SSSR count). The minimum Gasteiger partial charge on any atom is -0.497 e. The van der Waals surface area contributed by atoms with Crippen molar-refractivity contribution in [3.8, 4) is 28.7 Å². The Morgan fingerprint density at radius 2 is 1.85 bits per heavy atom. The summed E-state index contributed by atoms with van der Waals surface area (Å²) in [6.07, 6.45) is 0. The number of benzene rings is 2. The second-order valence-electron chi connectivity index (χ2n) is 7.20. The number of carbonyl (C=O) groups excluding carboxylic acids is 2. The molecular formula is C23H24N4O6S. The molecule has 0 unspecified atom stereocenters. The van der Waals surface area contributed by atoms with Crippen LogP contribution in [-0.2, 0) is 9.59 Å². The summed E-state index contributed by atoms with van der Waals surface area (Å²) >= 11 is 1.12. The van der Waals surface area contributed by atoms with Gasteiger partial charge in [0.2, 0.25) is 17.7 Å². The number of hydrogen-bond acceptors (Lipinski definition) is 9. The average Bonchev–Trinajstić information content (AvgIpc) is 3.35. The van der Waals surface area contributed by atoms with Gasteiger partial charge in [-0.1, -0.05) is 11.8 Å². The number of thioether (sulfide) groups is 1. The summed E-state index contributed by atoms with van der Waals surface area (Å²) in [5, 5.41) is 11.1. The molecule has 0 saturated carbocycles. The van der Waals surface area contributed by atoms with Gasteiger partial charge in [0.1, 0.15) is 19.0 Å². The van der Waals surface area contributed by atoms with E-state index in [0.29, 0.717) is 42.8 Å². The van der Waals surface area contributed by atoms with E-state index in [1.165, 1.54) is 4.90 Å². The molecule has 178 valence electrons. The Balaban J connectivity index is 1.29. The first-order valence-electron chi connectivity index (χ1n) is 10.6. The van der Waals surface area contributed by atoms with E-state index >= 15 is 0 Å². The van der Waals surface area contributed by atoms with Gasteiger partial charge in [-0.25, -0.2) is 0 Å².